The van der Waals surface area contributed by atoms with E-state index < -0.39 is 0 Å². The van der Waals surface area contributed by atoms with E-state index in [1.165, 1.54) is 0 Å². The van der Waals surface area contributed by atoms with Crippen LogP contribution in [-0.2, 0) is 6.42 Å². The first-order chi connectivity index (χ1) is 10.2. The molecule has 0 saturated heterocycles. The van der Waals surface area contributed by atoms with Gasteiger partial charge in [0.05, 0.1) is 28.9 Å². The van der Waals surface area contributed by atoms with Crippen LogP contribution in [-0.4, -0.2) is 12.5 Å². The lowest BCUT2D eigenvalue weighted by molar-refractivity contribution is 0.102. The number of nitriles is 1. The van der Waals surface area contributed by atoms with Crippen LogP contribution in [0.5, 0.6) is 5.75 Å². The quantitative estimate of drug-likeness (QED) is 0.924. The van der Waals surface area contributed by atoms with E-state index in [0.717, 1.165) is 17.7 Å². The van der Waals surface area contributed by atoms with Crippen molar-refractivity contribution in [2.45, 2.75) is 6.42 Å². The molecule has 21 heavy (non-hydrogen) atoms. The summed E-state index contributed by atoms with van der Waals surface area (Å²) >= 11 is 6.03. The van der Waals surface area contributed by atoms with E-state index in [9.17, 15) is 4.79 Å². The predicted octanol–water partition coefficient (Wildman–Crippen LogP) is 3.40. The van der Waals surface area contributed by atoms with Crippen LogP contribution in [0.1, 0.15) is 21.5 Å². The Bertz CT molecular complexity index is 765. The second-order valence-electron chi connectivity index (χ2n) is 4.68. The van der Waals surface area contributed by atoms with Crippen molar-refractivity contribution in [2.75, 3.05) is 11.9 Å². The molecule has 4 nitrogen and oxygen atoms in total. The van der Waals surface area contributed by atoms with Crippen LogP contribution in [0, 0.1) is 11.3 Å². The minimum Gasteiger partial charge on any atom is -0.493 e. The van der Waals surface area contributed by atoms with Gasteiger partial charge < -0.3 is 10.1 Å². The van der Waals surface area contributed by atoms with E-state index in [-0.39, 0.29) is 5.91 Å². The molecule has 1 N–H and O–H groups in total. The molecule has 0 bridgehead atoms. The second kappa shape index (κ2) is 5.47. The van der Waals surface area contributed by atoms with Gasteiger partial charge in [0, 0.05) is 12.0 Å². The van der Waals surface area contributed by atoms with Gasteiger partial charge in [0.2, 0.25) is 0 Å². The molecule has 104 valence electrons. The molecule has 0 aliphatic carbocycles. The van der Waals surface area contributed by atoms with Crippen molar-refractivity contribution in [3.8, 4) is 11.8 Å². The molecule has 1 aliphatic heterocycles. The van der Waals surface area contributed by atoms with Crippen molar-refractivity contribution in [3.63, 3.8) is 0 Å². The number of nitrogens with zero attached hydrogens (tertiary/aromatic N) is 1. The third kappa shape index (κ3) is 2.69. The number of carbonyl (C=O) groups excluding carboxylic acids is 1. The smallest absolute Gasteiger partial charge is 0.255 e. The molecule has 3 rings (SSSR count). The Morgan fingerprint density at radius 3 is 2.95 bits per heavy atom. The van der Waals surface area contributed by atoms with Gasteiger partial charge in [-0.15, -0.1) is 0 Å². The minimum absolute atomic E-state index is 0.262. The lowest BCUT2D eigenvalue weighted by atomic mass is 10.1. The molecule has 0 aromatic heterocycles. The number of nitrogens with one attached hydrogen (secondary N) is 1. The van der Waals surface area contributed by atoms with Crippen LogP contribution in [0.3, 0.4) is 0 Å². The normalized spacial score (nSPS) is 12.2. The minimum atomic E-state index is -0.262. The molecule has 2 aromatic rings. The van der Waals surface area contributed by atoms with Gasteiger partial charge >= 0.3 is 0 Å². The molecule has 0 unspecified atom stereocenters. The van der Waals surface area contributed by atoms with Crippen molar-refractivity contribution < 1.29 is 9.53 Å². The average molecular weight is 299 g/mol. The summed E-state index contributed by atoms with van der Waals surface area (Å²) < 4.78 is 5.41. The Hall–Kier alpha value is -2.51. The highest BCUT2D eigenvalue weighted by atomic mass is 35.5. The third-order valence-electron chi connectivity index (χ3n) is 3.30. The molecular weight excluding hydrogens is 288 g/mol. The summed E-state index contributed by atoms with van der Waals surface area (Å²) in [7, 11) is 0. The van der Waals surface area contributed by atoms with Gasteiger partial charge in [-0.25, -0.2) is 0 Å². The first-order valence-electron chi connectivity index (χ1n) is 6.44. The molecule has 2 aromatic carbocycles. The molecule has 1 amide bonds. The fourth-order valence-electron chi connectivity index (χ4n) is 2.21. The monoisotopic (exact) mass is 298 g/mol. The summed E-state index contributed by atoms with van der Waals surface area (Å²) in [6.45, 7) is 0.649. The van der Waals surface area contributed by atoms with Gasteiger partial charge in [-0.05, 0) is 42.0 Å². The molecule has 0 radical (unpaired) electrons. The zero-order valence-electron chi connectivity index (χ0n) is 11.0. The molecule has 1 heterocycles. The van der Waals surface area contributed by atoms with Crippen molar-refractivity contribution in [3.05, 3.63) is 58.1 Å². The maximum absolute atomic E-state index is 12.3. The Balaban J connectivity index is 1.85. The maximum Gasteiger partial charge on any atom is 0.255 e. The summed E-state index contributed by atoms with van der Waals surface area (Å²) in [4.78, 5) is 12.3. The van der Waals surface area contributed by atoms with Gasteiger partial charge in [-0.1, -0.05) is 11.6 Å². The first kappa shape index (κ1) is 13.5. The van der Waals surface area contributed by atoms with E-state index in [4.69, 9.17) is 21.6 Å². The van der Waals surface area contributed by atoms with Gasteiger partial charge in [-0.2, -0.15) is 5.26 Å². The van der Waals surface area contributed by atoms with Crippen molar-refractivity contribution in [1.29, 1.82) is 5.26 Å². The topological polar surface area (TPSA) is 62.1 Å². The number of hydrogen-bond donors (Lipinski definition) is 1. The van der Waals surface area contributed by atoms with E-state index in [0.29, 0.717) is 28.4 Å². The van der Waals surface area contributed by atoms with Crippen molar-refractivity contribution >= 4 is 23.2 Å². The molecule has 0 spiro atoms. The van der Waals surface area contributed by atoms with E-state index in [1.54, 1.807) is 30.3 Å². The zero-order chi connectivity index (χ0) is 14.8. The average Bonchev–Trinajstić information content (AvgIpc) is 2.96. The first-order valence-corrected chi connectivity index (χ1v) is 6.82. The van der Waals surface area contributed by atoms with Crippen molar-refractivity contribution in [2.24, 2.45) is 0 Å². The highest BCUT2D eigenvalue weighted by Crippen LogP contribution is 2.27. The van der Waals surface area contributed by atoms with Gasteiger partial charge in [0.1, 0.15) is 5.75 Å². The van der Waals surface area contributed by atoms with E-state index >= 15 is 0 Å². The summed E-state index contributed by atoms with van der Waals surface area (Å²) in [5.74, 6) is 0.567. The molecule has 0 atom stereocenters. The zero-order valence-corrected chi connectivity index (χ0v) is 11.8. The highest BCUT2D eigenvalue weighted by molar-refractivity contribution is 6.34. The molecule has 1 aliphatic rings. The Labute approximate surface area is 126 Å². The summed E-state index contributed by atoms with van der Waals surface area (Å²) in [6.07, 6.45) is 0.807. The van der Waals surface area contributed by atoms with Crippen LogP contribution >= 0.6 is 11.6 Å². The number of anilines is 1. The maximum atomic E-state index is 12.3. The van der Waals surface area contributed by atoms with Gasteiger partial charge in [-0.3, -0.25) is 4.79 Å². The van der Waals surface area contributed by atoms with Crippen LogP contribution in [0.25, 0.3) is 0 Å². The largest absolute Gasteiger partial charge is 0.493 e. The summed E-state index contributed by atoms with van der Waals surface area (Å²) in [6, 6.07) is 12.1. The van der Waals surface area contributed by atoms with Crippen LogP contribution in [0.2, 0.25) is 5.02 Å². The number of hydrogen-bond acceptors (Lipinski definition) is 3. The van der Waals surface area contributed by atoms with E-state index in [1.807, 2.05) is 12.1 Å². The second-order valence-corrected chi connectivity index (χ2v) is 5.09. The van der Waals surface area contributed by atoms with Crippen LogP contribution in [0.15, 0.2) is 36.4 Å². The van der Waals surface area contributed by atoms with Gasteiger partial charge in [0.25, 0.3) is 5.91 Å². The molecule has 5 heteroatoms. The number of fused-ring (bicyclic) bond motifs is 1. The standard InChI is InChI=1S/C16H11ClN2O2/c17-13-3-1-10(9-18)7-14(13)19-16(20)12-2-4-15-11(8-12)5-6-21-15/h1-4,7-8H,5-6H2,(H,19,20). The molecule has 0 fully saturated rings. The third-order valence-corrected chi connectivity index (χ3v) is 3.62. The number of ether oxygens (including phenoxy) is 1. The Morgan fingerprint density at radius 1 is 1.29 bits per heavy atom. The SMILES string of the molecule is N#Cc1ccc(Cl)c(NC(=O)c2ccc3c(c2)CCO3)c1. The van der Waals surface area contributed by atoms with E-state index in [2.05, 4.69) is 5.32 Å². The van der Waals surface area contributed by atoms with Crippen molar-refractivity contribution in [1.82, 2.24) is 0 Å². The summed E-state index contributed by atoms with van der Waals surface area (Å²) in [5.41, 5.74) is 2.44. The number of carbonyl (C=O) groups is 1. The van der Waals surface area contributed by atoms with Crippen LogP contribution in [0.4, 0.5) is 5.69 Å². The number of benzene rings is 2. The fourth-order valence-corrected chi connectivity index (χ4v) is 2.38. The molecule has 0 saturated carbocycles. The number of rotatable bonds is 2. The lowest BCUT2D eigenvalue weighted by Crippen LogP contribution is -2.12. The molecular formula is C16H11ClN2O2. The fraction of sp³-hybridized carbons (Fsp3) is 0.125. The Kier molecular flexibility index (Phi) is 3.51. The highest BCUT2D eigenvalue weighted by Gasteiger charge is 2.15. The predicted molar refractivity (Wildman–Crippen MR) is 79.8 cm³/mol. The number of halogens is 1. The van der Waals surface area contributed by atoms with Gasteiger partial charge in [0.15, 0.2) is 0 Å². The Morgan fingerprint density at radius 2 is 2.14 bits per heavy atom. The number of amides is 1. The lowest BCUT2D eigenvalue weighted by Gasteiger charge is -2.08. The van der Waals surface area contributed by atoms with Crippen LogP contribution < -0.4 is 10.1 Å². The summed E-state index contributed by atoms with van der Waals surface area (Å²) in [5, 5.41) is 12.0.